The molecule has 0 spiro atoms. The van der Waals surface area contributed by atoms with Crippen molar-refractivity contribution in [2.24, 2.45) is 0 Å². The van der Waals surface area contributed by atoms with Crippen LogP contribution in [0, 0.1) is 0 Å². The zero-order chi connectivity index (χ0) is 14.4. The first-order valence-electron chi connectivity index (χ1n) is 6.44. The van der Waals surface area contributed by atoms with Gasteiger partial charge in [-0.1, -0.05) is 49.1 Å². The van der Waals surface area contributed by atoms with Crippen LogP contribution < -0.4 is 4.74 Å². The second-order valence-corrected chi connectivity index (χ2v) is 4.50. The summed E-state index contributed by atoms with van der Waals surface area (Å²) in [6.45, 7) is 4.21. The Bertz CT molecular complexity index is 573. The lowest BCUT2D eigenvalue weighted by atomic mass is 10.1. The molecule has 2 aromatic rings. The summed E-state index contributed by atoms with van der Waals surface area (Å²) in [7, 11) is 0. The van der Waals surface area contributed by atoms with Gasteiger partial charge in [0.15, 0.2) is 0 Å². The Morgan fingerprint density at radius 2 is 1.50 bits per heavy atom. The first-order chi connectivity index (χ1) is 9.76. The third-order valence-corrected chi connectivity index (χ3v) is 3.08. The van der Waals surface area contributed by atoms with Crippen molar-refractivity contribution in [3.8, 4) is 5.75 Å². The van der Waals surface area contributed by atoms with Crippen molar-refractivity contribution in [1.82, 2.24) is 0 Å². The van der Waals surface area contributed by atoms with Gasteiger partial charge in [0.2, 0.25) is 0 Å². The van der Waals surface area contributed by atoms with Gasteiger partial charge in [-0.05, 0) is 22.8 Å². The van der Waals surface area contributed by atoms with Crippen LogP contribution in [0.5, 0.6) is 5.75 Å². The molecule has 0 atom stereocenters. The maximum absolute atomic E-state index is 9.16. The number of aliphatic hydroxyl groups is 2. The van der Waals surface area contributed by atoms with Gasteiger partial charge in [0, 0.05) is 5.56 Å². The van der Waals surface area contributed by atoms with Crippen LogP contribution in [0.25, 0.3) is 6.08 Å². The topological polar surface area (TPSA) is 49.7 Å². The van der Waals surface area contributed by atoms with Gasteiger partial charge in [0.05, 0.1) is 13.2 Å². The smallest absolute Gasteiger partial charge is 0.127 e. The second-order valence-electron chi connectivity index (χ2n) is 4.50. The van der Waals surface area contributed by atoms with Gasteiger partial charge in [0.25, 0.3) is 0 Å². The highest BCUT2D eigenvalue weighted by molar-refractivity contribution is 5.56. The molecule has 3 nitrogen and oxygen atoms in total. The molecule has 0 unspecified atom stereocenters. The molecule has 0 saturated heterocycles. The number of hydrogen-bond acceptors (Lipinski definition) is 3. The maximum Gasteiger partial charge on any atom is 0.127 e. The summed E-state index contributed by atoms with van der Waals surface area (Å²) in [6, 6.07) is 13.1. The average molecular weight is 270 g/mol. The summed E-state index contributed by atoms with van der Waals surface area (Å²) in [4.78, 5) is 0. The predicted molar refractivity (Wildman–Crippen MR) is 79.2 cm³/mol. The van der Waals surface area contributed by atoms with Crippen LogP contribution >= 0.6 is 0 Å². The fraction of sp³-hybridized carbons (Fsp3) is 0.176. The summed E-state index contributed by atoms with van der Waals surface area (Å²) in [5, 5.41) is 18.2. The van der Waals surface area contributed by atoms with Crippen LogP contribution in [0.2, 0.25) is 0 Å². The van der Waals surface area contributed by atoms with Gasteiger partial charge >= 0.3 is 0 Å². The lowest BCUT2D eigenvalue weighted by molar-refractivity contribution is 0.277. The highest BCUT2D eigenvalue weighted by Crippen LogP contribution is 2.23. The van der Waals surface area contributed by atoms with Crippen molar-refractivity contribution < 1.29 is 14.9 Å². The molecule has 0 aliphatic rings. The van der Waals surface area contributed by atoms with E-state index in [-0.39, 0.29) is 13.2 Å². The summed E-state index contributed by atoms with van der Waals surface area (Å²) in [5.41, 5.74) is 3.60. The van der Waals surface area contributed by atoms with Gasteiger partial charge in [-0.3, -0.25) is 0 Å². The van der Waals surface area contributed by atoms with Crippen molar-refractivity contribution >= 4 is 6.08 Å². The van der Waals surface area contributed by atoms with E-state index in [1.807, 2.05) is 42.5 Å². The third-order valence-electron chi connectivity index (χ3n) is 3.08. The summed E-state index contributed by atoms with van der Waals surface area (Å²) >= 11 is 0. The van der Waals surface area contributed by atoms with E-state index in [0.29, 0.717) is 12.4 Å². The number of aliphatic hydroxyl groups excluding tert-OH is 2. The van der Waals surface area contributed by atoms with Gasteiger partial charge in [-0.15, -0.1) is 0 Å². The summed E-state index contributed by atoms with van der Waals surface area (Å²) in [5.74, 6) is 0.706. The number of benzene rings is 2. The maximum atomic E-state index is 9.16. The number of rotatable bonds is 6. The molecular weight excluding hydrogens is 252 g/mol. The predicted octanol–water partition coefficient (Wildman–Crippen LogP) is 2.89. The summed E-state index contributed by atoms with van der Waals surface area (Å²) in [6.07, 6.45) is 1.73. The lowest BCUT2D eigenvalue weighted by Gasteiger charge is -2.11. The van der Waals surface area contributed by atoms with E-state index in [0.717, 1.165) is 22.3 Å². The van der Waals surface area contributed by atoms with Crippen LogP contribution in [-0.2, 0) is 19.8 Å². The highest BCUT2D eigenvalue weighted by Gasteiger charge is 2.03. The van der Waals surface area contributed by atoms with Gasteiger partial charge in [-0.2, -0.15) is 0 Å². The molecule has 0 bridgehead atoms. The van der Waals surface area contributed by atoms with Crippen LogP contribution in [0.3, 0.4) is 0 Å². The Morgan fingerprint density at radius 3 is 2.10 bits per heavy atom. The largest absolute Gasteiger partial charge is 0.488 e. The SMILES string of the molecule is C=Cc1ccc(CO)cc1OCc1ccc(CO)cc1. The fourth-order valence-electron chi connectivity index (χ4n) is 1.87. The third kappa shape index (κ3) is 3.47. The molecule has 2 N–H and O–H groups in total. The molecule has 0 aromatic heterocycles. The van der Waals surface area contributed by atoms with Crippen molar-refractivity contribution in [1.29, 1.82) is 0 Å². The first kappa shape index (κ1) is 14.3. The van der Waals surface area contributed by atoms with Crippen molar-refractivity contribution in [3.63, 3.8) is 0 Å². The molecule has 2 rings (SSSR count). The Labute approximate surface area is 118 Å². The first-order valence-corrected chi connectivity index (χ1v) is 6.44. The van der Waals surface area contributed by atoms with E-state index in [1.54, 1.807) is 6.08 Å². The molecule has 0 amide bonds. The molecule has 0 aliphatic carbocycles. The van der Waals surface area contributed by atoms with Crippen LogP contribution in [-0.4, -0.2) is 10.2 Å². The molecule has 104 valence electrons. The molecule has 0 aliphatic heterocycles. The molecule has 20 heavy (non-hydrogen) atoms. The van der Waals surface area contributed by atoms with Gasteiger partial charge in [-0.25, -0.2) is 0 Å². The van der Waals surface area contributed by atoms with Crippen molar-refractivity contribution in [2.45, 2.75) is 19.8 Å². The van der Waals surface area contributed by atoms with Crippen LogP contribution in [0.1, 0.15) is 22.3 Å². The van der Waals surface area contributed by atoms with Crippen molar-refractivity contribution in [2.75, 3.05) is 0 Å². The molecule has 0 fully saturated rings. The van der Waals surface area contributed by atoms with E-state index in [1.165, 1.54) is 0 Å². The highest BCUT2D eigenvalue weighted by atomic mass is 16.5. The Hall–Kier alpha value is -2.10. The zero-order valence-electron chi connectivity index (χ0n) is 11.2. The minimum Gasteiger partial charge on any atom is -0.488 e. The Balaban J connectivity index is 2.10. The minimum atomic E-state index is -0.0149. The minimum absolute atomic E-state index is 0.0149. The van der Waals surface area contributed by atoms with Crippen LogP contribution in [0.4, 0.5) is 0 Å². The Morgan fingerprint density at radius 1 is 0.900 bits per heavy atom. The monoisotopic (exact) mass is 270 g/mol. The molecule has 0 saturated carbocycles. The Kier molecular flexibility index (Phi) is 4.93. The number of ether oxygens (including phenoxy) is 1. The van der Waals surface area contributed by atoms with E-state index < -0.39 is 0 Å². The van der Waals surface area contributed by atoms with E-state index in [4.69, 9.17) is 14.9 Å². The summed E-state index contributed by atoms with van der Waals surface area (Å²) < 4.78 is 5.79. The van der Waals surface area contributed by atoms with Crippen molar-refractivity contribution in [3.05, 3.63) is 71.3 Å². The standard InChI is InChI=1S/C17H18O3/c1-2-16-8-7-15(11-19)9-17(16)20-12-14-5-3-13(10-18)4-6-14/h2-9,18-19H,1,10-12H2. The van der Waals surface area contributed by atoms with E-state index in [2.05, 4.69) is 6.58 Å². The molecule has 0 radical (unpaired) electrons. The second kappa shape index (κ2) is 6.89. The van der Waals surface area contributed by atoms with Gasteiger partial charge < -0.3 is 14.9 Å². The normalized spacial score (nSPS) is 10.3. The quantitative estimate of drug-likeness (QED) is 0.848. The van der Waals surface area contributed by atoms with E-state index in [9.17, 15) is 0 Å². The molecule has 0 heterocycles. The lowest BCUT2D eigenvalue weighted by Crippen LogP contribution is -1.98. The van der Waals surface area contributed by atoms with Gasteiger partial charge in [0.1, 0.15) is 12.4 Å². The van der Waals surface area contributed by atoms with Crippen LogP contribution in [0.15, 0.2) is 49.0 Å². The van der Waals surface area contributed by atoms with E-state index >= 15 is 0 Å². The molecular formula is C17H18O3. The molecule has 3 heteroatoms. The fourth-order valence-corrected chi connectivity index (χ4v) is 1.87. The average Bonchev–Trinajstić information content (AvgIpc) is 2.53. The number of hydrogen-bond donors (Lipinski definition) is 2. The molecule has 2 aromatic carbocycles. The zero-order valence-corrected chi connectivity index (χ0v) is 11.2.